The molecule has 0 bridgehead atoms. The standard InChI is InChI=1S/C47H37N5O/c1-47(2,3)31-24-25-48-46(26-31)52-42-23-20-33(51-40-16-7-5-14-36(40)37-15-6-8-17-41(37)51)28-39(42)38-22-21-35(29-45(38)52)53-34-13-11-12-32(27-34)50-30-49(4)43-18-9-10-19-44(43)50/h5-29H,1-4H3/i4D3. The van der Waals surface area contributed by atoms with Crippen LogP contribution in [0.5, 0.6) is 11.5 Å². The number of pyridine rings is 1. The summed E-state index contributed by atoms with van der Waals surface area (Å²) in [4.78, 5) is 4.92. The average molecular weight is 691 g/mol. The van der Waals surface area contributed by atoms with E-state index in [1.807, 2.05) is 54.7 Å². The first kappa shape index (κ1) is 28.0. The number of hydrogen-bond acceptors (Lipinski definition) is 2. The van der Waals surface area contributed by atoms with Gasteiger partial charge in [0, 0.05) is 39.5 Å². The van der Waals surface area contributed by atoms with Crippen molar-refractivity contribution in [1.29, 1.82) is 0 Å². The van der Waals surface area contributed by atoms with Gasteiger partial charge in [0.1, 0.15) is 17.3 Å². The molecule has 0 spiro atoms. The molecule has 6 nitrogen and oxygen atoms in total. The SMILES string of the molecule is [2H]C([2H])([2H])[n+]1[c-]n(-c2cccc(Oc3ccc4c5cc(-n6c7ccccc7c7ccccc76)ccc5n(-c5cc(C(C)(C)C)ccn5)c4c3)c2)c2ccccc21. The molecule has 0 aliphatic rings. The Morgan fingerprint density at radius 1 is 0.585 bits per heavy atom. The number of ether oxygens (including phenoxy) is 1. The van der Waals surface area contributed by atoms with Crippen molar-refractivity contribution in [2.45, 2.75) is 26.2 Å². The maximum atomic E-state index is 8.08. The van der Waals surface area contributed by atoms with Crippen molar-refractivity contribution in [3.05, 3.63) is 164 Å². The molecule has 6 heteroatoms. The first-order valence-electron chi connectivity index (χ1n) is 19.3. The molecule has 0 N–H and O–H groups in total. The number of imidazole rings is 1. The smallest absolute Gasteiger partial charge is 0.244 e. The molecule has 10 rings (SSSR count). The highest BCUT2D eigenvalue weighted by Crippen LogP contribution is 2.39. The monoisotopic (exact) mass is 690 g/mol. The topological polar surface area (TPSA) is 40.8 Å². The molecular weight excluding hydrogens is 651 g/mol. The van der Waals surface area contributed by atoms with Crippen LogP contribution >= 0.6 is 0 Å². The zero-order valence-corrected chi connectivity index (χ0v) is 29.6. The number of aromatic nitrogens is 5. The predicted molar refractivity (Wildman–Crippen MR) is 215 cm³/mol. The van der Waals surface area contributed by atoms with Gasteiger partial charge in [0.25, 0.3) is 0 Å². The fraction of sp³-hybridized carbons (Fsp3) is 0.106. The Hall–Kier alpha value is -6.66. The largest absolute Gasteiger partial charge is 0.458 e. The van der Waals surface area contributed by atoms with Gasteiger partial charge in [0.05, 0.1) is 49.9 Å². The molecular formula is C47H37N5O. The van der Waals surface area contributed by atoms with E-state index in [0.29, 0.717) is 17.0 Å². The minimum Gasteiger partial charge on any atom is -0.458 e. The molecule has 256 valence electrons. The van der Waals surface area contributed by atoms with E-state index in [2.05, 4.69) is 127 Å². The number of rotatable bonds is 5. The molecule has 0 saturated heterocycles. The molecule has 10 aromatic rings. The Balaban J connectivity index is 1.13. The predicted octanol–water partition coefficient (Wildman–Crippen LogP) is 10.9. The summed E-state index contributed by atoms with van der Waals surface area (Å²) in [6.07, 6.45) is 4.95. The molecule has 0 fully saturated rings. The highest BCUT2D eigenvalue weighted by atomic mass is 16.5. The molecule has 0 amide bonds. The van der Waals surface area contributed by atoms with Crippen molar-refractivity contribution in [2.75, 3.05) is 0 Å². The number of benzene rings is 6. The summed E-state index contributed by atoms with van der Waals surface area (Å²) in [6.45, 7) is 4.27. The van der Waals surface area contributed by atoms with E-state index in [1.54, 1.807) is 10.6 Å². The van der Waals surface area contributed by atoms with Gasteiger partial charge in [-0.05, 0) is 77.7 Å². The summed E-state index contributed by atoms with van der Waals surface area (Å²) in [6, 6.07) is 49.3. The lowest BCUT2D eigenvalue weighted by Gasteiger charge is -2.20. The first-order chi connectivity index (χ1) is 27.0. The van der Waals surface area contributed by atoms with Gasteiger partial charge in [-0.25, -0.2) is 4.98 Å². The normalized spacial score (nSPS) is 13.2. The average Bonchev–Trinajstić information content (AvgIpc) is 3.86. The molecule has 0 aliphatic heterocycles. The number of nitrogens with zero attached hydrogens (tertiary/aromatic N) is 5. The van der Waals surface area contributed by atoms with E-state index in [0.717, 1.165) is 55.5 Å². The lowest BCUT2D eigenvalue weighted by molar-refractivity contribution is -0.649. The van der Waals surface area contributed by atoms with Crippen LogP contribution in [0.25, 0.3) is 71.8 Å². The second-order valence-electron chi connectivity index (χ2n) is 14.6. The third kappa shape index (κ3) is 5.01. The zero-order valence-electron chi connectivity index (χ0n) is 32.6. The fourth-order valence-corrected chi connectivity index (χ4v) is 7.72. The molecule has 0 atom stereocenters. The molecule has 4 aromatic heterocycles. The summed E-state index contributed by atoms with van der Waals surface area (Å²) < 4.78 is 38.4. The van der Waals surface area contributed by atoms with E-state index >= 15 is 0 Å². The summed E-state index contributed by atoms with van der Waals surface area (Å²) in [5.74, 6) is 2.10. The summed E-state index contributed by atoms with van der Waals surface area (Å²) >= 11 is 0. The number of hydrogen-bond donors (Lipinski definition) is 0. The van der Waals surface area contributed by atoms with Gasteiger partial charge in [0.2, 0.25) is 6.33 Å². The van der Waals surface area contributed by atoms with Crippen LogP contribution < -0.4 is 9.30 Å². The molecule has 4 heterocycles. The first-order valence-corrected chi connectivity index (χ1v) is 17.8. The Labute approximate surface area is 311 Å². The molecule has 6 aromatic carbocycles. The summed E-state index contributed by atoms with van der Waals surface area (Å²) in [5.41, 5.74) is 8.58. The van der Waals surface area contributed by atoms with Crippen molar-refractivity contribution in [3.63, 3.8) is 0 Å². The minimum atomic E-state index is -2.38. The molecule has 0 radical (unpaired) electrons. The van der Waals surface area contributed by atoms with E-state index in [-0.39, 0.29) is 5.41 Å². The summed E-state index contributed by atoms with van der Waals surface area (Å²) in [7, 11) is 0. The van der Waals surface area contributed by atoms with Crippen molar-refractivity contribution >= 4 is 54.6 Å². The maximum Gasteiger partial charge on any atom is 0.244 e. The third-order valence-electron chi connectivity index (χ3n) is 10.3. The number of para-hydroxylation sites is 4. The highest BCUT2D eigenvalue weighted by molar-refractivity contribution is 6.12. The fourth-order valence-electron chi connectivity index (χ4n) is 7.72. The lowest BCUT2D eigenvalue weighted by Crippen LogP contribution is -2.26. The van der Waals surface area contributed by atoms with E-state index in [9.17, 15) is 0 Å². The van der Waals surface area contributed by atoms with Crippen molar-refractivity contribution in [3.8, 4) is 28.7 Å². The lowest BCUT2D eigenvalue weighted by atomic mass is 9.88. The second-order valence-corrected chi connectivity index (χ2v) is 14.6. The van der Waals surface area contributed by atoms with Crippen molar-refractivity contribution in [1.82, 2.24) is 18.7 Å². The van der Waals surface area contributed by atoms with Gasteiger partial charge in [-0.15, -0.1) is 0 Å². The van der Waals surface area contributed by atoms with Crippen LogP contribution in [0.4, 0.5) is 0 Å². The highest BCUT2D eigenvalue weighted by Gasteiger charge is 2.20. The van der Waals surface area contributed by atoms with Gasteiger partial charge in [0.15, 0.2) is 0 Å². The van der Waals surface area contributed by atoms with Gasteiger partial charge < -0.3 is 18.4 Å². The van der Waals surface area contributed by atoms with Gasteiger partial charge in [-0.3, -0.25) is 4.57 Å². The molecule has 0 unspecified atom stereocenters. The van der Waals surface area contributed by atoms with Crippen LogP contribution in [0.2, 0.25) is 0 Å². The number of aryl methyl sites for hydroxylation is 1. The third-order valence-corrected chi connectivity index (χ3v) is 10.3. The van der Waals surface area contributed by atoms with E-state index < -0.39 is 6.98 Å². The van der Waals surface area contributed by atoms with Crippen LogP contribution in [-0.2, 0) is 12.4 Å². The van der Waals surface area contributed by atoms with Crippen LogP contribution in [-0.4, -0.2) is 18.7 Å². The van der Waals surface area contributed by atoms with Gasteiger partial charge in [-0.2, -0.15) is 0 Å². The van der Waals surface area contributed by atoms with Crippen molar-refractivity contribution in [2.24, 2.45) is 6.98 Å². The van der Waals surface area contributed by atoms with Crippen LogP contribution in [0.1, 0.15) is 30.4 Å². The van der Waals surface area contributed by atoms with Crippen LogP contribution in [0, 0.1) is 6.33 Å². The molecule has 0 aliphatic carbocycles. The Morgan fingerprint density at radius 2 is 1.28 bits per heavy atom. The Morgan fingerprint density at radius 3 is 2.06 bits per heavy atom. The van der Waals surface area contributed by atoms with Gasteiger partial charge in [-0.1, -0.05) is 93.6 Å². The number of fused-ring (bicyclic) bond motifs is 7. The Bertz CT molecular complexity index is 3110. The quantitative estimate of drug-likeness (QED) is 0.133. The van der Waals surface area contributed by atoms with Crippen molar-refractivity contribution < 1.29 is 13.4 Å². The maximum absolute atomic E-state index is 8.08. The second kappa shape index (κ2) is 11.7. The Kier molecular flexibility index (Phi) is 6.17. The van der Waals surface area contributed by atoms with E-state index in [1.165, 1.54) is 20.9 Å². The zero-order chi connectivity index (χ0) is 38.3. The molecule has 53 heavy (non-hydrogen) atoms. The van der Waals surface area contributed by atoms with Crippen LogP contribution in [0.15, 0.2) is 152 Å². The molecule has 0 saturated carbocycles. The van der Waals surface area contributed by atoms with Gasteiger partial charge >= 0.3 is 0 Å². The van der Waals surface area contributed by atoms with Crippen LogP contribution in [0.3, 0.4) is 0 Å². The minimum absolute atomic E-state index is 0.0648. The summed E-state index contributed by atoms with van der Waals surface area (Å²) in [5, 5.41) is 4.63. The van der Waals surface area contributed by atoms with E-state index in [4.69, 9.17) is 13.8 Å².